The van der Waals surface area contributed by atoms with Gasteiger partial charge in [-0.05, 0) is 51.9 Å². The molecule has 0 unspecified atom stereocenters. The van der Waals surface area contributed by atoms with Crippen LogP contribution in [0.5, 0.6) is 0 Å². The Hall–Kier alpha value is -3.15. The van der Waals surface area contributed by atoms with Crippen molar-refractivity contribution in [3.05, 3.63) is 45.5 Å². The molecule has 0 aromatic carbocycles. The van der Waals surface area contributed by atoms with E-state index in [1.54, 1.807) is 29.9 Å². The highest BCUT2D eigenvalue weighted by Crippen LogP contribution is 2.26. The first kappa shape index (κ1) is 23.6. The number of likely N-dealkylation sites (tertiary alicyclic amines) is 1. The molecule has 2 atom stereocenters. The Morgan fingerprint density at radius 2 is 1.97 bits per heavy atom. The van der Waals surface area contributed by atoms with Gasteiger partial charge in [0.2, 0.25) is 0 Å². The highest BCUT2D eigenvalue weighted by Gasteiger charge is 2.31. The molecular weight excluding hydrogens is 472 g/mol. The zero-order valence-corrected chi connectivity index (χ0v) is 20.4. The third kappa shape index (κ3) is 4.58. The summed E-state index contributed by atoms with van der Waals surface area (Å²) in [5.41, 5.74) is 0.725. The molecule has 4 heterocycles. The fraction of sp³-hybridized carbons (Fsp3) is 0.478. The Bertz CT molecular complexity index is 1310. The van der Waals surface area contributed by atoms with Crippen LogP contribution in [0.3, 0.4) is 0 Å². The molecule has 11 nitrogen and oxygen atoms in total. The summed E-state index contributed by atoms with van der Waals surface area (Å²) < 4.78 is 3.23. The number of nitrogens with one attached hydrogen (secondary N) is 3. The van der Waals surface area contributed by atoms with E-state index in [1.165, 1.54) is 10.7 Å². The maximum atomic E-state index is 13.3. The third-order valence-corrected chi connectivity index (χ3v) is 7.09. The summed E-state index contributed by atoms with van der Waals surface area (Å²) in [5, 5.41) is 23.5. The summed E-state index contributed by atoms with van der Waals surface area (Å²) in [4.78, 5) is 33.0. The molecule has 2 fully saturated rings. The molecule has 1 aliphatic carbocycles. The monoisotopic (exact) mass is 500 g/mol. The number of pyridine rings is 1. The van der Waals surface area contributed by atoms with Gasteiger partial charge in [-0.15, -0.1) is 0 Å². The molecule has 1 saturated heterocycles. The predicted octanol–water partition coefficient (Wildman–Crippen LogP) is 1.85. The molecule has 12 heteroatoms. The van der Waals surface area contributed by atoms with Crippen molar-refractivity contribution in [1.82, 2.24) is 29.4 Å². The predicted molar refractivity (Wildman–Crippen MR) is 134 cm³/mol. The van der Waals surface area contributed by atoms with Crippen LogP contribution in [-0.4, -0.2) is 74.4 Å². The molecule has 1 saturated carbocycles. The van der Waals surface area contributed by atoms with Crippen molar-refractivity contribution in [2.45, 2.75) is 43.9 Å². The van der Waals surface area contributed by atoms with E-state index in [0.717, 1.165) is 32.4 Å². The number of aliphatic hydroxyl groups excluding tert-OH is 1. The lowest BCUT2D eigenvalue weighted by molar-refractivity contribution is 0.0448. The summed E-state index contributed by atoms with van der Waals surface area (Å²) in [6.45, 7) is 1.83. The van der Waals surface area contributed by atoms with Gasteiger partial charge in [0, 0.05) is 25.4 Å². The Balaban J connectivity index is 1.47. The van der Waals surface area contributed by atoms with Crippen molar-refractivity contribution in [2.24, 2.45) is 0 Å². The standard InChI is InChI=1S/C23H29ClN8O3/c1-25-20-10-19(29-21-15(11-26-32(20)21)22(34)28-16-3-4-18(16)33)27-17-9-13(24)12-31(23(17)35)14-5-7-30(2)8-6-14/h9-12,14,16,18,25,33H,3-8H2,1-2H3,(H,27,29)(H,28,34)/t16-,18+/m0/s1. The van der Waals surface area contributed by atoms with Crippen LogP contribution >= 0.6 is 11.6 Å². The van der Waals surface area contributed by atoms with Crippen molar-refractivity contribution in [3.8, 4) is 0 Å². The van der Waals surface area contributed by atoms with Gasteiger partial charge in [0.25, 0.3) is 11.5 Å². The number of aromatic nitrogens is 4. The fourth-order valence-corrected chi connectivity index (χ4v) is 4.82. The molecule has 186 valence electrons. The topological polar surface area (TPSA) is 129 Å². The number of nitrogens with zero attached hydrogens (tertiary/aromatic N) is 5. The molecular formula is C23H29ClN8O3. The van der Waals surface area contributed by atoms with E-state index >= 15 is 0 Å². The largest absolute Gasteiger partial charge is 0.391 e. The summed E-state index contributed by atoms with van der Waals surface area (Å²) in [6, 6.07) is 3.10. The minimum Gasteiger partial charge on any atom is -0.391 e. The van der Waals surface area contributed by atoms with Crippen molar-refractivity contribution in [2.75, 3.05) is 37.8 Å². The van der Waals surface area contributed by atoms with Crippen molar-refractivity contribution < 1.29 is 9.90 Å². The van der Waals surface area contributed by atoms with Crippen molar-refractivity contribution in [3.63, 3.8) is 0 Å². The highest BCUT2D eigenvalue weighted by molar-refractivity contribution is 6.30. The SMILES string of the molecule is CNc1cc(Nc2cc(Cl)cn(C3CCN(C)CC3)c2=O)nc2c(C(=O)N[C@H]3CC[C@H]3O)cnn12. The average Bonchev–Trinajstić information content (AvgIpc) is 3.27. The number of piperidine rings is 1. The number of hydrogen-bond donors (Lipinski definition) is 4. The fourth-order valence-electron chi connectivity index (χ4n) is 4.60. The molecule has 4 N–H and O–H groups in total. The highest BCUT2D eigenvalue weighted by atomic mass is 35.5. The average molecular weight is 501 g/mol. The van der Waals surface area contributed by atoms with Crippen molar-refractivity contribution >= 4 is 40.5 Å². The minimum absolute atomic E-state index is 0.0771. The summed E-state index contributed by atoms with van der Waals surface area (Å²) in [7, 11) is 3.81. The first-order valence-corrected chi connectivity index (χ1v) is 12.1. The van der Waals surface area contributed by atoms with Gasteiger partial charge in [0.15, 0.2) is 5.65 Å². The van der Waals surface area contributed by atoms with E-state index in [0.29, 0.717) is 34.4 Å². The second kappa shape index (κ2) is 9.48. The number of fused-ring (bicyclic) bond motifs is 1. The number of carbonyl (C=O) groups excluding carboxylic acids is 1. The maximum Gasteiger partial charge on any atom is 0.274 e. The van der Waals surface area contributed by atoms with Crippen LogP contribution in [0.25, 0.3) is 5.65 Å². The zero-order chi connectivity index (χ0) is 24.7. The first-order chi connectivity index (χ1) is 16.8. The van der Waals surface area contributed by atoms with Crippen LogP contribution in [0.4, 0.5) is 17.3 Å². The molecule has 1 amide bonds. The lowest BCUT2D eigenvalue weighted by Gasteiger charge is -2.32. The van der Waals surface area contributed by atoms with Gasteiger partial charge in [-0.3, -0.25) is 9.59 Å². The Morgan fingerprint density at radius 3 is 2.63 bits per heavy atom. The molecule has 3 aromatic heterocycles. The van der Waals surface area contributed by atoms with Crippen LogP contribution in [-0.2, 0) is 0 Å². The number of aliphatic hydroxyl groups is 1. The number of carbonyl (C=O) groups is 1. The summed E-state index contributed by atoms with van der Waals surface area (Å²) in [6.07, 6.45) is 5.74. The lowest BCUT2D eigenvalue weighted by Crippen LogP contribution is -2.50. The quantitative estimate of drug-likeness (QED) is 0.403. The summed E-state index contributed by atoms with van der Waals surface area (Å²) >= 11 is 6.39. The molecule has 2 aliphatic rings. The molecule has 0 radical (unpaired) electrons. The number of hydrogen-bond acceptors (Lipinski definition) is 8. The molecule has 0 bridgehead atoms. The van der Waals surface area contributed by atoms with Crippen LogP contribution in [0.1, 0.15) is 42.1 Å². The maximum absolute atomic E-state index is 13.3. The molecule has 35 heavy (non-hydrogen) atoms. The normalized spacial score (nSPS) is 21.0. The van der Waals surface area contributed by atoms with Gasteiger partial charge in [-0.2, -0.15) is 9.61 Å². The second-order valence-corrected chi connectivity index (χ2v) is 9.68. The van der Waals surface area contributed by atoms with Gasteiger partial charge in [-0.1, -0.05) is 11.6 Å². The molecule has 5 rings (SSSR count). The number of amides is 1. The first-order valence-electron chi connectivity index (χ1n) is 11.8. The Morgan fingerprint density at radius 1 is 1.20 bits per heavy atom. The molecule has 3 aromatic rings. The van der Waals surface area contributed by atoms with Crippen LogP contribution in [0, 0.1) is 0 Å². The number of rotatable bonds is 6. The summed E-state index contributed by atoms with van der Waals surface area (Å²) in [5.74, 6) is 0.593. The minimum atomic E-state index is -0.534. The number of anilines is 3. The second-order valence-electron chi connectivity index (χ2n) is 9.24. The van der Waals surface area contributed by atoms with Crippen LogP contribution < -0.4 is 21.5 Å². The van der Waals surface area contributed by atoms with E-state index in [-0.39, 0.29) is 29.1 Å². The Labute approximate surface area is 207 Å². The Kier molecular flexibility index (Phi) is 6.39. The van der Waals surface area contributed by atoms with E-state index in [1.807, 2.05) is 0 Å². The van der Waals surface area contributed by atoms with Crippen molar-refractivity contribution in [1.29, 1.82) is 0 Å². The van der Waals surface area contributed by atoms with E-state index in [4.69, 9.17) is 11.6 Å². The molecule has 0 spiro atoms. The van der Waals surface area contributed by atoms with Gasteiger partial charge in [0.05, 0.1) is 23.4 Å². The van der Waals surface area contributed by atoms with Crippen LogP contribution in [0.2, 0.25) is 5.02 Å². The van der Waals surface area contributed by atoms with E-state index < -0.39 is 6.10 Å². The third-order valence-electron chi connectivity index (χ3n) is 6.88. The lowest BCUT2D eigenvalue weighted by atomic mass is 9.89. The van der Waals surface area contributed by atoms with E-state index in [2.05, 4.69) is 38.0 Å². The van der Waals surface area contributed by atoms with Gasteiger partial charge in [-0.25, -0.2) is 4.98 Å². The van der Waals surface area contributed by atoms with E-state index in [9.17, 15) is 14.7 Å². The smallest absolute Gasteiger partial charge is 0.274 e. The van der Waals surface area contributed by atoms with Crippen LogP contribution in [0.15, 0.2) is 29.3 Å². The van der Waals surface area contributed by atoms with Gasteiger partial charge in [0.1, 0.15) is 22.9 Å². The zero-order valence-electron chi connectivity index (χ0n) is 19.7. The van der Waals surface area contributed by atoms with Gasteiger partial charge < -0.3 is 30.5 Å². The van der Waals surface area contributed by atoms with Gasteiger partial charge >= 0.3 is 0 Å². The molecule has 1 aliphatic heterocycles. The number of halogens is 1.